The number of hydrogen-bond acceptors (Lipinski definition) is 5. The summed E-state index contributed by atoms with van der Waals surface area (Å²) in [6.45, 7) is 12.9. The first kappa shape index (κ1) is 26.4. The lowest BCUT2D eigenvalue weighted by molar-refractivity contribution is -0.136. The molecule has 0 radical (unpaired) electrons. The predicted molar refractivity (Wildman–Crippen MR) is 140 cm³/mol. The zero-order valence-electron chi connectivity index (χ0n) is 21.2. The highest BCUT2D eigenvalue weighted by atomic mass is 32.1. The zero-order valence-corrected chi connectivity index (χ0v) is 22.0. The van der Waals surface area contributed by atoms with E-state index < -0.39 is 5.97 Å². The Labute approximate surface area is 211 Å². The maximum atomic E-state index is 12.4. The lowest BCUT2D eigenvalue weighted by atomic mass is 9.86. The molecule has 186 valence electrons. The molecule has 0 fully saturated rings. The molecule has 1 atom stereocenters. The topological polar surface area (TPSA) is 88.5 Å². The Hall–Kier alpha value is -3.19. The van der Waals surface area contributed by atoms with Gasteiger partial charge in [0, 0.05) is 22.4 Å². The first-order chi connectivity index (χ1) is 16.3. The van der Waals surface area contributed by atoms with Crippen LogP contribution >= 0.6 is 11.3 Å². The number of ether oxygens (including phenoxy) is 1. The SMILES string of the molecule is CC(C)(C)c1ccc(-c2ccc(OC(c3ccc(C(=O)NCCC(=O)O)s3)C(C)(C)C)cn2)cc1. The molecule has 1 amide bonds. The van der Waals surface area contributed by atoms with Gasteiger partial charge < -0.3 is 15.2 Å². The van der Waals surface area contributed by atoms with Crippen molar-refractivity contribution < 1.29 is 19.4 Å². The molecule has 2 aromatic heterocycles. The lowest BCUT2D eigenvalue weighted by Crippen LogP contribution is -2.25. The number of carbonyl (C=O) groups is 2. The Morgan fingerprint density at radius 2 is 1.69 bits per heavy atom. The average molecular weight is 495 g/mol. The highest BCUT2D eigenvalue weighted by molar-refractivity contribution is 7.14. The van der Waals surface area contributed by atoms with Gasteiger partial charge in [0.1, 0.15) is 11.9 Å². The summed E-state index contributed by atoms with van der Waals surface area (Å²) < 4.78 is 6.36. The van der Waals surface area contributed by atoms with Crippen LogP contribution in [-0.2, 0) is 10.2 Å². The standard InChI is InChI=1S/C28H34N2O4S/c1-27(2,3)19-9-7-18(8-10-19)21-12-11-20(17-30-21)34-25(28(4,5)6)22-13-14-23(35-22)26(33)29-16-15-24(31)32/h7-14,17,25H,15-16H2,1-6H3,(H,29,33)(H,31,32). The number of carboxylic acid groups (broad SMARTS) is 1. The van der Waals surface area contributed by atoms with Crippen molar-refractivity contribution in [1.29, 1.82) is 0 Å². The van der Waals surface area contributed by atoms with Crippen molar-refractivity contribution >= 4 is 23.2 Å². The van der Waals surface area contributed by atoms with Gasteiger partial charge in [0.2, 0.25) is 0 Å². The number of carbonyl (C=O) groups excluding carboxylic acids is 1. The van der Waals surface area contributed by atoms with Gasteiger partial charge in [-0.2, -0.15) is 0 Å². The van der Waals surface area contributed by atoms with E-state index in [9.17, 15) is 9.59 Å². The van der Waals surface area contributed by atoms with E-state index in [1.54, 1.807) is 12.3 Å². The summed E-state index contributed by atoms with van der Waals surface area (Å²) in [4.78, 5) is 29.1. The first-order valence-electron chi connectivity index (χ1n) is 11.7. The Bertz CT molecular complexity index is 1150. The van der Waals surface area contributed by atoms with Crippen LogP contribution in [-0.4, -0.2) is 28.5 Å². The molecule has 0 saturated carbocycles. The number of pyridine rings is 1. The number of carboxylic acids is 1. The number of aromatic nitrogens is 1. The zero-order chi connectivity index (χ0) is 25.8. The van der Waals surface area contributed by atoms with Gasteiger partial charge in [-0.15, -0.1) is 11.3 Å². The van der Waals surface area contributed by atoms with Crippen molar-refractivity contribution in [2.45, 2.75) is 59.5 Å². The molecule has 0 aliphatic carbocycles. The third kappa shape index (κ3) is 7.15. The normalized spacial score (nSPS) is 12.7. The molecule has 2 heterocycles. The molecule has 3 aromatic rings. The smallest absolute Gasteiger partial charge is 0.305 e. The van der Waals surface area contributed by atoms with E-state index in [4.69, 9.17) is 9.84 Å². The molecule has 7 heteroatoms. The minimum Gasteiger partial charge on any atom is -0.483 e. The van der Waals surface area contributed by atoms with E-state index in [-0.39, 0.29) is 35.8 Å². The Morgan fingerprint density at radius 3 is 2.23 bits per heavy atom. The molecule has 0 saturated heterocycles. The number of benzene rings is 1. The van der Waals surface area contributed by atoms with Crippen molar-refractivity contribution in [3.63, 3.8) is 0 Å². The molecule has 0 aliphatic rings. The number of aliphatic carboxylic acids is 1. The fraction of sp³-hybridized carbons (Fsp3) is 0.393. The van der Waals surface area contributed by atoms with E-state index in [1.165, 1.54) is 16.9 Å². The van der Waals surface area contributed by atoms with Crippen LogP contribution in [0.3, 0.4) is 0 Å². The van der Waals surface area contributed by atoms with Gasteiger partial charge in [0.05, 0.1) is 23.2 Å². The van der Waals surface area contributed by atoms with Crippen molar-refractivity contribution in [2.75, 3.05) is 6.54 Å². The molecular formula is C28H34N2O4S. The molecule has 2 N–H and O–H groups in total. The summed E-state index contributed by atoms with van der Waals surface area (Å²) in [6.07, 6.45) is 1.34. The first-order valence-corrected chi connectivity index (χ1v) is 12.5. The highest BCUT2D eigenvalue weighted by Crippen LogP contribution is 2.40. The molecule has 0 aliphatic heterocycles. The molecule has 6 nitrogen and oxygen atoms in total. The number of amides is 1. The molecule has 3 rings (SSSR count). The van der Waals surface area contributed by atoms with Crippen molar-refractivity contribution in [2.24, 2.45) is 5.41 Å². The fourth-order valence-corrected chi connectivity index (χ4v) is 4.75. The predicted octanol–water partition coefficient (Wildman–Crippen LogP) is 6.48. The number of thiophene rings is 1. The van der Waals surface area contributed by atoms with Crippen molar-refractivity contribution in [1.82, 2.24) is 10.3 Å². The Kier molecular flexibility index (Phi) is 8.00. The quantitative estimate of drug-likeness (QED) is 0.374. The summed E-state index contributed by atoms with van der Waals surface area (Å²) >= 11 is 1.35. The van der Waals surface area contributed by atoms with E-state index in [0.29, 0.717) is 10.6 Å². The summed E-state index contributed by atoms with van der Waals surface area (Å²) in [6, 6.07) is 16.0. The van der Waals surface area contributed by atoms with Gasteiger partial charge in [0.15, 0.2) is 0 Å². The van der Waals surface area contributed by atoms with Gasteiger partial charge in [-0.05, 0) is 35.2 Å². The number of nitrogens with one attached hydrogen (secondary N) is 1. The van der Waals surface area contributed by atoms with Gasteiger partial charge in [-0.1, -0.05) is 65.8 Å². The highest BCUT2D eigenvalue weighted by Gasteiger charge is 2.30. The molecular weight excluding hydrogens is 460 g/mol. The maximum absolute atomic E-state index is 12.4. The van der Waals surface area contributed by atoms with Crippen LogP contribution < -0.4 is 10.1 Å². The summed E-state index contributed by atoms with van der Waals surface area (Å²) in [5.74, 6) is -0.570. The Balaban J connectivity index is 1.73. The van der Waals surface area contributed by atoms with Gasteiger partial charge in [-0.25, -0.2) is 0 Å². The van der Waals surface area contributed by atoms with E-state index in [2.05, 4.69) is 76.1 Å². The van der Waals surface area contributed by atoms with Crippen LogP contribution in [0.4, 0.5) is 0 Å². The van der Waals surface area contributed by atoms with E-state index >= 15 is 0 Å². The van der Waals surface area contributed by atoms with Crippen LogP contribution in [0.2, 0.25) is 0 Å². The largest absolute Gasteiger partial charge is 0.483 e. The molecule has 0 bridgehead atoms. The minimum absolute atomic E-state index is 0.0948. The third-order valence-corrected chi connectivity index (χ3v) is 6.68. The minimum atomic E-state index is -0.945. The van der Waals surface area contributed by atoms with Crippen LogP contribution in [0.5, 0.6) is 5.75 Å². The molecule has 1 unspecified atom stereocenters. The van der Waals surface area contributed by atoms with Crippen molar-refractivity contribution in [3.8, 4) is 17.0 Å². The van der Waals surface area contributed by atoms with E-state index in [0.717, 1.165) is 16.1 Å². The monoisotopic (exact) mass is 494 g/mol. The molecule has 0 spiro atoms. The van der Waals surface area contributed by atoms with Crippen molar-refractivity contribution in [3.05, 3.63) is 70.0 Å². The number of rotatable bonds is 8. The fourth-order valence-electron chi connectivity index (χ4n) is 3.55. The van der Waals surface area contributed by atoms with Gasteiger partial charge >= 0.3 is 5.97 Å². The maximum Gasteiger partial charge on any atom is 0.305 e. The van der Waals surface area contributed by atoms with E-state index in [1.807, 2.05) is 18.2 Å². The average Bonchev–Trinajstić information content (AvgIpc) is 3.26. The Morgan fingerprint density at radius 1 is 1.00 bits per heavy atom. The van der Waals surface area contributed by atoms with Gasteiger partial charge in [0.25, 0.3) is 5.91 Å². The second kappa shape index (κ2) is 10.6. The second-order valence-electron chi connectivity index (χ2n) is 10.7. The van der Waals surface area contributed by atoms with Gasteiger partial charge in [-0.3, -0.25) is 14.6 Å². The van der Waals surface area contributed by atoms with Crippen LogP contribution in [0.15, 0.2) is 54.7 Å². The summed E-state index contributed by atoms with van der Waals surface area (Å²) in [7, 11) is 0. The number of nitrogens with zero attached hydrogens (tertiary/aromatic N) is 1. The molecule has 35 heavy (non-hydrogen) atoms. The lowest BCUT2D eigenvalue weighted by Gasteiger charge is -2.30. The summed E-state index contributed by atoms with van der Waals surface area (Å²) in [5, 5.41) is 11.4. The number of hydrogen-bond donors (Lipinski definition) is 2. The second-order valence-corrected chi connectivity index (χ2v) is 11.8. The van der Waals surface area contributed by atoms with Crippen LogP contribution in [0, 0.1) is 5.41 Å². The van der Waals surface area contributed by atoms with Crippen LogP contribution in [0.25, 0.3) is 11.3 Å². The third-order valence-electron chi connectivity index (χ3n) is 5.56. The van der Waals surface area contributed by atoms with Crippen LogP contribution in [0.1, 0.15) is 74.2 Å². The molecule has 1 aromatic carbocycles. The summed E-state index contributed by atoms with van der Waals surface area (Å²) in [5.41, 5.74) is 3.07.